The van der Waals surface area contributed by atoms with Crippen LogP contribution >= 0.6 is 0 Å². The fraction of sp³-hybridized carbons (Fsp3) is 0.643. The third kappa shape index (κ3) is 5.68. The van der Waals surface area contributed by atoms with Gasteiger partial charge in [-0.2, -0.15) is 0 Å². The number of rotatable bonds is 7. The predicted octanol–water partition coefficient (Wildman–Crippen LogP) is 2.40. The molecule has 0 radical (unpaired) electrons. The van der Waals surface area contributed by atoms with Crippen molar-refractivity contribution in [3.05, 3.63) is 18.1 Å². The van der Waals surface area contributed by atoms with Crippen molar-refractivity contribution in [2.75, 3.05) is 12.3 Å². The lowest BCUT2D eigenvalue weighted by molar-refractivity contribution is 0.0928. The molecule has 0 aliphatic rings. The van der Waals surface area contributed by atoms with Gasteiger partial charge in [-0.05, 0) is 11.8 Å². The second-order valence-corrected chi connectivity index (χ2v) is 5.63. The highest BCUT2D eigenvalue weighted by Crippen LogP contribution is 2.22. The molecule has 1 amide bonds. The zero-order valence-corrected chi connectivity index (χ0v) is 12.1. The second kappa shape index (κ2) is 7.07. The van der Waals surface area contributed by atoms with E-state index >= 15 is 0 Å². The van der Waals surface area contributed by atoms with Crippen LogP contribution in [0.5, 0.6) is 0 Å². The lowest BCUT2D eigenvalue weighted by Gasteiger charge is -2.24. The maximum atomic E-state index is 11.9. The van der Waals surface area contributed by atoms with Gasteiger partial charge in [0.2, 0.25) is 0 Å². The van der Waals surface area contributed by atoms with Gasteiger partial charge in [-0.3, -0.25) is 9.78 Å². The van der Waals surface area contributed by atoms with Crippen LogP contribution in [-0.4, -0.2) is 22.4 Å². The first-order chi connectivity index (χ1) is 8.94. The molecule has 0 aliphatic heterocycles. The van der Waals surface area contributed by atoms with Crippen LogP contribution in [0, 0.1) is 5.41 Å². The lowest BCUT2D eigenvalue weighted by atomic mass is 9.87. The van der Waals surface area contributed by atoms with E-state index in [1.165, 1.54) is 31.7 Å². The zero-order chi connectivity index (χ0) is 14.3. The van der Waals surface area contributed by atoms with Crippen LogP contribution in [-0.2, 0) is 0 Å². The van der Waals surface area contributed by atoms with Crippen LogP contribution < -0.4 is 11.1 Å². The molecular weight excluding hydrogens is 240 g/mol. The zero-order valence-electron chi connectivity index (χ0n) is 12.1. The number of carbonyl (C=O) groups excluding carboxylic acids is 1. The minimum absolute atomic E-state index is 0.0958. The number of hydrogen-bond donors (Lipinski definition) is 2. The molecule has 19 heavy (non-hydrogen) atoms. The van der Waals surface area contributed by atoms with Gasteiger partial charge in [0, 0.05) is 6.54 Å². The Balaban J connectivity index is 2.45. The van der Waals surface area contributed by atoms with E-state index in [9.17, 15) is 4.79 Å². The van der Waals surface area contributed by atoms with Crippen LogP contribution in [0.3, 0.4) is 0 Å². The monoisotopic (exact) mass is 264 g/mol. The minimum atomic E-state index is -0.219. The van der Waals surface area contributed by atoms with Gasteiger partial charge in [0.15, 0.2) is 0 Å². The molecule has 0 fully saturated rings. The molecule has 0 aromatic carbocycles. The summed E-state index contributed by atoms with van der Waals surface area (Å²) in [7, 11) is 0. The van der Waals surface area contributed by atoms with E-state index in [0.29, 0.717) is 6.54 Å². The molecule has 1 heterocycles. The Morgan fingerprint density at radius 2 is 2.11 bits per heavy atom. The first kappa shape index (κ1) is 15.4. The molecule has 1 aromatic heterocycles. The number of anilines is 1. The Morgan fingerprint density at radius 1 is 1.37 bits per heavy atom. The van der Waals surface area contributed by atoms with Crippen molar-refractivity contribution >= 4 is 11.7 Å². The largest absolute Gasteiger partial charge is 0.382 e. The summed E-state index contributed by atoms with van der Waals surface area (Å²) in [5.41, 5.74) is 5.87. The Bertz CT molecular complexity index is 418. The summed E-state index contributed by atoms with van der Waals surface area (Å²) in [6.07, 6.45) is 7.59. The third-order valence-electron chi connectivity index (χ3n) is 3.07. The highest BCUT2D eigenvalue weighted by Gasteiger charge is 2.19. The Morgan fingerprint density at radius 3 is 2.74 bits per heavy atom. The van der Waals surface area contributed by atoms with E-state index < -0.39 is 0 Å². The van der Waals surface area contributed by atoms with E-state index in [-0.39, 0.29) is 22.8 Å². The molecule has 0 saturated carbocycles. The summed E-state index contributed by atoms with van der Waals surface area (Å²) < 4.78 is 0. The molecule has 106 valence electrons. The number of carbonyl (C=O) groups is 1. The van der Waals surface area contributed by atoms with E-state index in [4.69, 9.17) is 5.73 Å². The number of nitrogens with zero attached hydrogens (tertiary/aromatic N) is 2. The molecule has 1 rings (SSSR count). The molecule has 3 N–H and O–H groups in total. The van der Waals surface area contributed by atoms with E-state index in [1.807, 2.05) is 0 Å². The van der Waals surface area contributed by atoms with Gasteiger partial charge < -0.3 is 11.1 Å². The van der Waals surface area contributed by atoms with Crippen molar-refractivity contribution in [2.45, 2.75) is 46.5 Å². The average Bonchev–Trinajstić information content (AvgIpc) is 2.36. The topological polar surface area (TPSA) is 80.9 Å². The van der Waals surface area contributed by atoms with Crippen molar-refractivity contribution in [1.29, 1.82) is 0 Å². The average molecular weight is 264 g/mol. The van der Waals surface area contributed by atoms with Gasteiger partial charge >= 0.3 is 0 Å². The third-order valence-corrected chi connectivity index (χ3v) is 3.07. The first-order valence-corrected chi connectivity index (χ1v) is 6.80. The Labute approximate surface area is 115 Å². The van der Waals surface area contributed by atoms with Gasteiger partial charge in [0.1, 0.15) is 11.5 Å². The van der Waals surface area contributed by atoms with Crippen molar-refractivity contribution in [3.8, 4) is 0 Å². The molecule has 0 unspecified atom stereocenters. The number of amides is 1. The summed E-state index contributed by atoms with van der Waals surface area (Å²) in [5, 5.41) is 2.90. The minimum Gasteiger partial charge on any atom is -0.382 e. The molecule has 0 saturated heterocycles. The van der Waals surface area contributed by atoms with E-state index in [1.54, 1.807) is 0 Å². The number of nitrogens with one attached hydrogen (secondary N) is 1. The SMILES string of the molecule is CCCCCC(C)(C)CNC(=O)c1cncc(N)n1. The van der Waals surface area contributed by atoms with E-state index in [2.05, 4.69) is 36.1 Å². The number of hydrogen-bond acceptors (Lipinski definition) is 4. The standard InChI is InChI=1S/C14H24N4O/c1-4-5-6-7-14(2,3)10-17-13(19)11-8-16-9-12(15)18-11/h8-9H,4-7,10H2,1-3H3,(H2,15,18)(H,17,19). The second-order valence-electron chi connectivity index (χ2n) is 5.63. The maximum absolute atomic E-state index is 11.9. The van der Waals surface area contributed by atoms with Crippen molar-refractivity contribution < 1.29 is 4.79 Å². The maximum Gasteiger partial charge on any atom is 0.271 e. The van der Waals surface area contributed by atoms with Crippen molar-refractivity contribution in [2.24, 2.45) is 5.41 Å². The summed E-state index contributed by atoms with van der Waals surface area (Å²) in [6, 6.07) is 0. The van der Waals surface area contributed by atoms with Crippen LogP contribution in [0.25, 0.3) is 0 Å². The number of unbranched alkanes of at least 4 members (excludes halogenated alkanes) is 2. The molecule has 1 aromatic rings. The number of aromatic nitrogens is 2. The Hall–Kier alpha value is -1.65. The van der Waals surface area contributed by atoms with Crippen LogP contribution in [0.15, 0.2) is 12.4 Å². The fourth-order valence-corrected chi connectivity index (χ4v) is 1.84. The molecule has 5 nitrogen and oxygen atoms in total. The van der Waals surface area contributed by atoms with Gasteiger partial charge in [0.05, 0.1) is 12.4 Å². The highest BCUT2D eigenvalue weighted by atomic mass is 16.1. The van der Waals surface area contributed by atoms with Crippen molar-refractivity contribution in [1.82, 2.24) is 15.3 Å². The number of nitrogen functional groups attached to an aromatic ring is 1. The van der Waals surface area contributed by atoms with E-state index in [0.717, 1.165) is 6.42 Å². The molecule has 0 bridgehead atoms. The number of nitrogens with two attached hydrogens (primary N) is 1. The van der Waals surface area contributed by atoms with Gasteiger partial charge in [-0.1, -0.05) is 40.0 Å². The molecule has 0 spiro atoms. The van der Waals surface area contributed by atoms with Crippen molar-refractivity contribution in [3.63, 3.8) is 0 Å². The smallest absolute Gasteiger partial charge is 0.271 e. The summed E-state index contributed by atoms with van der Waals surface area (Å²) in [4.78, 5) is 19.7. The fourth-order valence-electron chi connectivity index (χ4n) is 1.84. The van der Waals surface area contributed by atoms with Crippen LogP contribution in [0.1, 0.15) is 56.9 Å². The molecule has 0 aliphatic carbocycles. The van der Waals surface area contributed by atoms with Crippen LogP contribution in [0.2, 0.25) is 0 Å². The Kier molecular flexibility index (Phi) is 5.73. The van der Waals surface area contributed by atoms with Gasteiger partial charge in [-0.25, -0.2) is 4.98 Å². The normalized spacial score (nSPS) is 11.3. The van der Waals surface area contributed by atoms with Gasteiger partial charge in [-0.15, -0.1) is 0 Å². The van der Waals surface area contributed by atoms with Gasteiger partial charge in [0.25, 0.3) is 5.91 Å². The summed E-state index contributed by atoms with van der Waals surface area (Å²) >= 11 is 0. The first-order valence-electron chi connectivity index (χ1n) is 6.80. The summed E-state index contributed by atoms with van der Waals surface area (Å²) in [5.74, 6) is 0.0400. The quantitative estimate of drug-likeness (QED) is 0.741. The molecule has 0 atom stereocenters. The predicted molar refractivity (Wildman–Crippen MR) is 76.7 cm³/mol. The lowest BCUT2D eigenvalue weighted by Crippen LogP contribution is -2.34. The molecule has 5 heteroatoms. The summed E-state index contributed by atoms with van der Waals surface area (Å²) in [6.45, 7) is 7.14. The molecular formula is C14H24N4O. The highest BCUT2D eigenvalue weighted by molar-refractivity contribution is 5.92. The van der Waals surface area contributed by atoms with Crippen LogP contribution in [0.4, 0.5) is 5.82 Å².